The zero-order valence-corrected chi connectivity index (χ0v) is 11.8. The summed E-state index contributed by atoms with van der Waals surface area (Å²) in [5.74, 6) is -0.192. The summed E-state index contributed by atoms with van der Waals surface area (Å²) in [5.41, 5.74) is 2.07. The molecule has 5 heteroatoms. The second-order valence-electron chi connectivity index (χ2n) is 4.68. The smallest absolute Gasteiger partial charge is 0.278 e. The fourth-order valence-corrected chi connectivity index (χ4v) is 2.11. The number of para-hydroxylation sites is 1. The summed E-state index contributed by atoms with van der Waals surface area (Å²) in [6, 6.07) is 13.3. The molecule has 5 nitrogen and oxygen atoms in total. The van der Waals surface area contributed by atoms with Gasteiger partial charge in [0.1, 0.15) is 5.69 Å². The Morgan fingerprint density at radius 1 is 0.909 bits per heavy atom. The number of anilines is 1. The van der Waals surface area contributed by atoms with Gasteiger partial charge in [0.05, 0.1) is 12.7 Å². The minimum atomic E-state index is -0.192. The van der Waals surface area contributed by atoms with Crippen molar-refractivity contribution in [3.05, 3.63) is 84.7 Å². The quantitative estimate of drug-likeness (QED) is 0.741. The highest BCUT2D eigenvalue weighted by molar-refractivity contribution is 6.04. The number of benzene rings is 1. The number of carbonyl (C=O) groups is 1. The summed E-state index contributed by atoms with van der Waals surface area (Å²) in [5, 5.41) is 0. The highest BCUT2D eigenvalue weighted by Gasteiger charge is 2.19. The van der Waals surface area contributed by atoms with E-state index < -0.39 is 0 Å². The van der Waals surface area contributed by atoms with E-state index in [2.05, 4.69) is 15.0 Å². The van der Waals surface area contributed by atoms with Crippen molar-refractivity contribution in [2.24, 2.45) is 0 Å². The van der Waals surface area contributed by atoms with E-state index in [9.17, 15) is 4.79 Å². The van der Waals surface area contributed by atoms with Crippen molar-refractivity contribution in [2.45, 2.75) is 6.54 Å². The van der Waals surface area contributed by atoms with Crippen LogP contribution in [0.4, 0.5) is 5.69 Å². The van der Waals surface area contributed by atoms with Crippen LogP contribution in [0.15, 0.2) is 73.4 Å². The Bertz CT molecular complexity index is 732. The standard InChI is InChI=1S/C17H14N4O/c22-17(16-12-19-9-10-20-16)21(15-6-2-1-3-7-15)13-14-5-4-8-18-11-14/h1-12H,13H2. The van der Waals surface area contributed by atoms with E-state index in [1.807, 2.05) is 42.5 Å². The molecule has 0 aliphatic carbocycles. The molecule has 1 aromatic carbocycles. The number of amides is 1. The van der Waals surface area contributed by atoms with Gasteiger partial charge < -0.3 is 4.90 Å². The molecular formula is C17H14N4O. The molecule has 0 atom stereocenters. The lowest BCUT2D eigenvalue weighted by atomic mass is 10.2. The second kappa shape index (κ2) is 6.58. The van der Waals surface area contributed by atoms with E-state index >= 15 is 0 Å². The molecule has 0 saturated carbocycles. The first kappa shape index (κ1) is 13.9. The molecule has 1 amide bonds. The minimum absolute atomic E-state index is 0.192. The van der Waals surface area contributed by atoms with Gasteiger partial charge in [-0.2, -0.15) is 0 Å². The largest absolute Gasteiger partial charge is 0.303 e. The van der Waals surface area contributed by atoms with Crippen molar-refractivity contribution >= 4 is 11.6 Å². The first-order valence-corrected chi connectivity index (χ1v) is 6.86. The van der Waals surface area contributed by atoms with Crippen molar-refractivity contribution in [1.82, 2.24) is 15.0 Å². The zero-order chi connectivity index (χ0) is 15.2. The van der Waals surface area contributed by atoms with Gasteiger partial charge >= 0.3 is 0 Å². The topological polar surface area (TPSA) is 59.0 Å². The normalized spacial score (nSPS) is 10.2. The van der Waals surface area contributed by atoms with Crippen molar-refractivity contribution in [3.63, 3.8) is 0 Å². The maximum atomic E-state index is 12.8. The molecule has 0 N–H and O–H groups in total. The van der Waals surface area contributed by atoms with Crippen LogP contribution in [-0.2, 0) is 6.54 Å². The average Bonchev–Trinajstić information content (AvgIpc) is 2.61. The van der Waals surface area contributed by atoms with Crippen LogP contribution < -0.4 is 4.90 Å². The van der Waals surface area contributed by atoms with E-state index in [0.717, 1.165) is 11.3 Å². The van der Waals surface area contributed by atoms with Crippen LogP contribution in [0.3, 0.4) is 0 Å². The number of nitrogens with zero attached hydrogens (tertiary/aromatic N) is 4. The molecule has 2 heterocycles. The summed E-state index contributed by atoms with van der Waals surface area (Å²) in [6.45, 7) is 0.424. The molecule has 3 aromatic rings. The van der Waals surface area contributed by atoms with Gasteiger partial charge in [0.25, 0.3) is 5.91 Å². The molecule has 0 fully saturated rings. The lowest BCUT2D eigenvalue weighted by Crippen LogP contribution is -2.31. The van der Waals surface area contributed by atoms with E-state index in [0.29, 0.717) is 12.2 Å². The van der Waals surface area contributed by atoms with Crippen molar-refractivity contribution < 1.29 is 4.79 Å². The molecule has 0 bridgehead atoms. The van der Waals surface area contributed by atoms with Crippen LogP contribution in [0.5, 0.6) is 0 Å². The van der Waals surface area contributed by atoms with Crippen molar-refractivity contribution in [1.29, 1.82) is 0 Å². The number of carbonyl (C=O) groups excluding carboxylic acids is 1. The van der Waals surface area contributed by atoms with Crippen LogP contribution in [-0.4, -0.2) is 20.9 Å². The maximum Gasteiger partial charge on any atom is 0.278 e. The van der Waals surface area contributed by atoms with Gasteiger partial charge in [0, 0.05) is 30.5 Å². The number of hydrogen-bond acceptors (Lipinski definition) is 4. The Labute approximate surface area is 128 Å². The first-order valence-electron chi connectivity index (χ1n) is 6.86. The lowest BCUT2D eigenvalue weighted by molar-refractivity contribution is 0.0980. The fraction of sp³-hybridized carbons (Fsp3) is 0.0588. The zero-order valence-electron chi connectivity index (χ0n) is 11.8. The predicted octanol–water partition coefficient (Wildman–Crippen LogP) is 2.72. The van der Waals surface area contributed by atoms with Crippen LogP contribution in [0.25, 0.3) is 0 Å². The number of hydrogen-bond donors (Lipinski definition) is 0. The molecule has 108 valence electrons. The van der Waals surface area contributed by atoms with E-state index in [-0.39, 0.29) is 5.91 Å². The van der Waals surface area contributed by atoms with Gasteiger partial charge in [-0.15, -0.1) is 0 Å². The summed E-state index contributed by atoms with van der Waals surface area (Å²) in [7, 11) is 0. The number of pyridine rings is 1. The SMILES string of the molecule is O=C(c1cnccn1)N(Cc1cccnc1)c1ccccc1. The van der Waals surface area contributed by atoms with E-state index in [4.69, 9.17) is 0 Å². The molecule has 0 radical (unpaired) electrons. The third-order valence-corrected chi connectivity index (χ3v) is 3.16. The molecular weight excluding hydrogens is 276 g/mol. The molecule has 0 aliphatic heterocycles. The monoisotopic (exact) mass is 290 g/mol. The van der Waals surface area contributed by atoms with Crippen molar-refractivity contribution in [2.75, 3.05) is 4.90 Å². The Hall–Kier alpha value is -3.08. The van der Waals surface area contributed by atoms with Crippen molar-refractivity contribution in [3.8, 4) is 0 Å². The van der Waals surface area contributed by atoms with Gasteiger partial charge in [-0.3, -0.25) is 14.8 Å². The Morgan fingerprint density at radius 2 is 1.73 bits per heavy atom. The summed E-state index contributed by atoms with van der Waals surface area (Å²) in [6.07, 6.45) is 7.99. The summed E-state index contributed by atoms with van der Waals surface area (Å²) in [4.78, 5) is 26.6. The van der Waals surface area contributed by atoms with Gasteiger partial charge in [-0.25, -0.2) is 4.98 Å². The molecule has 0 spiro atoms. The molecule has 22 heavy (non-hydrogen) atoms. The average molecular weight is 290 g/mol. The predicted molar refractivity (Wildman–Crippen MR) is 83.2 cm³/mol. The van der Waals surface area contributed by atoms with Gasteiger partial charge in [-0.05, 0) is 23.8 Å². The van der Waals surface area contributed by atoms with Gasteiger partial charge in [-0.1, -0.05) is 24.3 Å². The molecule has 0 unspecified atom stereocenters. The molecule has 0 saturated heterocycles. The Balaban J connectivity index is 1.95. The summed E-state index contributed by atoms with van der Waals surface area (Å²) >= 11 is 0. The second-order valence-corrected chi connectivity index (χ2v) is 4.68. The third-order valence-electron chi connectivity index (χ3n) is 3.16. The highest BCUT2D eigenvalue weighted by atomic mass is 16.2. The number of rotatable bonds is 4. The Kier molecular flexibility index (Phi) is 4.15. The van der Waals surface area contributed by atoms with Gasteiger partial charge in [0.2, 0.25) is 0 Å². The Morgan fingerprint density at radius 3 is 2.41 bits per heavy atom. The van der Waals surface area contributed by atoms with Crippen LogP contribution >= 0.6 is 0 Å². The maximum absolute atomic E-state index is 12.8. The third kappa shape index (κ3) is 3.15. The van der Waals surface area contributed by atoms with Gasteiger partial charge in [0.15, 0.2) is 0 Å². The highest BCUT2D eigenvalue weighted by Crippen LogP contribution is 2.18. The first-order chi connectivity index (χ1) is 10.8. The number of aromatic nitrogens is 3. The lowest BCUT2D eigenvalue weighted by Gasteiger charge is -2.22. The summed E-state index contributed by atoms with van der Waals surface area (Å²) < 4.78 is 0. The molecule has 0 aliphatic rings. The fourth-order valence-electron chi connectivity index (χ4n) is 2.11. The molecule has 3 rings (SSSR count). The molecule has 2 aromatic heterocycles. The van der Waals surface area contributed by atoms with Crippen LogP contribution in [0.1, 0.15) is 16.1 Å². The van der Waals surface area contributed by atoms with E-state index in [1.165, 1.54) is 12.4 Å². The van der Waals surface area contributed by atoms with Crippen LogP contribution in [0.2, 0.25) is 0 Å². The van der Waals surface area contributed by atoms with E-state index in [1.54, 1.807) is 23.5 Å². The minimum Gasteiger partial charge on any atom is -0.303 e. The van der Waals surface area contributed by atoms with Crippen LogP contribution in [0, 0.1) is 0 Å².